The highest BCUT2D eigenvalue weighted by Crippen LogP contribution is 2.11. The fraction of sp³-hybridized carbons (Fsp3) is 0.0909. The lowest BCUT2D eigenvalue weighted by molar-refractivity contribution is -0.631. The molecule has 0 fully saturated rings. The standard InChI is InChI=1S/C11H10N4O4/c16-10(12-9-5-2-1-3-6-9)13-7-4-8-14(11(13)17)15(18)19/h1-7H,8H2,(H,12,16). The maximum Gasteiger partial charge on any atom is 0.390 e. The number of hydrogen-bond acceptors (Lipinski definition) is 4. The van der Waals surface area contributed by atoms with Crippen molar-refractivity contribution in [3.8, 4) is 0 Å². The number of benzene rings is 1. The van der Waals surface area contributed by atoms with Crippen molar-refractivity contribution in [1.29, 1.82) is 0 Å². The molecule has 0 saturated heterocycles. The summed E-state index contributed by atoms with van der Waals surface area (Å²) in [5, 5.41) is 12.6. The second kappa shape index (κ2) is 5.17. The van der Waals surface area contributed by atoms with Gasteiger partial charge in [0.15, 0.2) is 5.03 Å². The first-order chi connectivity index (χ1) is 9.09. The summed E-state index contributed by atoms with van der Waals surface area (Å²) in [4.78, 5) is 34.8. The number of amides is 4. The molecule has 8 nitrogen and oxygen atoms in total. The second-order valence-corrected chi connectivity index (χ2v) is 3.65. The van der Waals surface area contributed by atoms with Crippen LogP contribution in [0.1, 0.15) is 0 Å². The fourth-order valence-electron chi connectivity index (χ4n) is 1.51. The molecule has 8 heteroatoms. The second-order valence-electron chi connectivity index (χ2n) is 3.65. The Morgan fingerprint density at radius 2 is 2.00 bits per heavy atom. The number of hydrogen-bond donors (Lipinski definition) is 1. The van der Waals surface area contributed by atoms with Gasteiger partial charge in [0.25, 0.3) is 0 Å². The van der Waals surface area contributed by atoms with Crippen molar-refractivity contribution in [2.45, 2.75) is 0 Å². The Labute approximate surface area is 108 Å². The number of nitrogens with zero attached hydrogens (tertiary/aromatic N) is 3. The molecule has 0 atom stereocenters. The van der Waals surface area contributed by atoms with E-state index in [-0.39, 0.29) is 6.54 Å². The summed E-state index contributed by atoms with van der Waals surface area (Å²) < 4.78 is 0. The van der Waals surface area contributed by atoms with Crippen molar-refractivity contribution in [1.82, 2.24) is 9.91 Å². The molecular weight excluding hydrogens is 252 g/mol. The van der Waals surface area contributed by atoms with Crippen molar-refractivity contribution in [3.05, 3.63) is 52.7 Å². The zero-order chi connectivity index (χ0) is 13.8. The normalized spacial score (nSPS) is 14.4. The van der Waals surface area contributed by atoms with Crippen LogP contribution < -0.4 is 5.32 Å². The number of rotatable bonds is 2. The third-order valence-corrected chi connectivity index (χ3v) is 2.40. The van der Waals surface area contributed by atoms with E-state index in [1.165, 1.54) is 12.3 Å². The summed E-state index contributed by atoms with van der Waals surface area (Å²) >= 11 is 0. The molecule has 2 rings (SSSR count). The summed E-state index contributed by atoms with van der Waals surface area (Å²) in [5.74, 6) is 0. The third kappa shape index (κ3) is 2.68. The molecule has 1 N–H and O–H groups in total. The van der Waals surface area contributed by atoms with E-state index in [9.17, 15) is 19.7 Å². The van der Waals surface area contributed by atoms with Gasteiger partial charge in [-0.2, -0.15) is 0 Å². The third-order valence-electron chi connectivity index (χ3n) is 2.40. The molecule has 4 amide bonds. The molecule has 19 heavy (non-hydrogen) atoms. The smallest absolute Gasteiger partial charge is 0.307 e. The Morgan fingerprint density at radius 3 is 2.63 bits per heavy atom. The monoisotopic (exact) mass is 262 g/mol. The molecule has 0 radical (unpaired) electrons. The minimum Gasteiger partial charge on any atom is -0.307 e. The summed E-state index contributed by atoms with van der Waals surface area (Å²) in [6, 6.07) is 6.73. The van der Waals surface area contributed by atoms with Crippen LogP contribution in [0.15, 0.2) is 42.6 Å². The SMILES string of the molecule is O=C(Nc1ccccc1)N1C=CCN([N+](=O)[O-])C1=O. The first kappa shape index (κ1) is 12.6. The van der Waals surface area contributed by atoms with E-state index in [1.807, 2.05) is 0 Å². The van der Waals surface area contributed by atoms with Crippen molar-refractivity contribution < 1.29 is 14.6 Å². The Morgan fingerprint density at radius 1 is 1.32 bits per heavy atom. The Kier molecular flexibility index (Phi) is 3.42. The average Bonchev–Trinajstić information content (AvgIpc) is 2.39. The first-order valence-electron chi connectivity index (χ1n) is 5.37. The van der Waals surface area contributed by atoms with Crippen LogP contribution in [0.4, 0.5) is 15.3 Å². The van der Waals surface area contributed by atoms with E-state index < -0.39 is 17.1 Å². The molecule has 0 bridgehead atoms. The van der Waals surface area contributed by atoms with Crippen LogP contribution in [-0.2, 0) is 0 Å². The van der Waals surface area contributed by atoms with Crippen molar-refractivity contribution >= 4 is 17.7 Å². The molecule has 98 valence electrons. The van der Waals surface area contributed by atoms with Crippen molar-refractivity contribution in [3.63, 3.8) is 0 Å². The fourth-order valence-corrected chi connectivity index (χ4v) is 1.51. The van der Waals surface area contributed by atoms with Gasteiger partial charge >= 0.3 is 12.1 Å². The van der Waals surface area contributed by atoms with Crippen LogP contribution in [0, 0.1) is 10.1 Å². The minimum absolute atomic E-state index is 0.166. The molecule has 0 aromatic heterocycles. The number of nitrogens with one attached hydrogen (secondary N) is 1. The van der Waals surface area contributed by atoms with E-state index in [4.69, 9.17) is 0 Å². The van der Waals surface area contributed by atoms with Gasteiger partial charge in [-0.1, -0.05) is 18.2 Å². The maximum atomic E-state index is 11.8. The number of nitro groups is 1. The van der Waals surface area contributed by atoms with Crippen LogP contribution in [0.3, 0.4) is 0 Å². The highest BCUT2D eigenvalue weighted by atomic mass is 16.7. The zero-order valence-corrected chi connectivity index (χ0v) is 9.72. The largest absolute Gasteiger partial charge is 0.390 e. The number of anilines is 1. The summed E-state index contributed by atoms with van der Waals surface area (Å²) in [7, 11) is 0. The zero-order valence-electron chi connectivity index (χ0n) is 9.72. The van der Waals surface area contributed by atoms with E-state index >= 15 is 0 Å². The van der Waals surface area contributed by atoms with Gasteiger partial charge in [-0.3, -0.25) is 0 Å². The average molecular weight is 262 g/mol. The van der Waals surface area contributed by atoms with E-state index in [2.05, 4.69) is 5.32 Å². The van der Waals surface area contributed by atoms with Crippen LogP contribution in [0.25, 0.3) is 0 Å². The minimum atomic E-state index is -0.999. The van der Waals surface area contributed by atoms with Gasteiger partial charge in [-0.15, -0.1) is 0 Å². The van der Waals surface area contributed by atoms with Gasteiger partial charge < -0.3 is 5.32 Å². The summed E-state index contributed by atoms with van der Waals surface area (Å²) in [6.07, 6.45) is 2.56. The molecule has 1 aliphatic heterocycles. The number of hydrazine groups is 1. The molecular formula is C11H10N4O4. The summed E-state index contributed by atoms with van der Waals surface area (Å²) in [6.45, 7) is -0.166. The predicted molar refractivity (Wildman–Crippen MR) is 65.5 cm³/mol. The van der Waals surface area contributed by atoms with Crippen molar-refractivity contribution in [2.24, 2.45) is 0 Å². The van der Waals surface area contributed by atoms with Crippen LogP contribution in [-0.4, -0.2) is 33.5 Å². The van der Waals surface area contributed by atoms with Crippen LogP contribution in [0.2, 0.25) is 0 Å². The highest BCUT2D eigenvalue weighted by Gasteiger charge is 2.34. The number of imide groups is 1. The lowest BCUT2D eigenvalue weighted by Gasteiger charge is -2.23. The predicted octanol–water partition coefficient (Wildman–Crippen LogP) is 1.66. The van der Waals surface area contributed by atoms with Crippen LogP contribution in [0.5, 0.6) is 0 Å². The maximum absolute atomic E-state index is 11.8. The molecule has 0 aliphatic carbocycles. The lowest BCUT2D eigenvalue weighted by Crippen LogP contribution is -2.50. The van der Waals surface area contributed by atoms with Gasteiger partial charge in [0.05, 0.1) is 0 Å². The van der Waals surface area contributed by atoms with Gasteiger partial charge in [0, 0.05) is 11.9 Å². The van der Waals surface area contributed by atoms with Gasteiger partial charge in [0.1, 0.15) is 6.54 Å². The molecule has 0 saturated carbocycles. The number of carbonyl (C=O) groups is 2. The quantitative estimate of drug-likeness (QED) is 0.647. The molecule has 0 spiro atoms. The molecule has 1 aromatic carbocycles. The van der Waals surface area contributed by atoms with E-state index in [1.54, 1.807) is 30.3 Å². The first-order valence-corrected chi connectivity index (χ1v) is 5.37. The molecule has 1 aliphatic rings. The van der Waals surface area contributed by atoms with Crippen LogP contribution >= 0.6 is 0 Å². The summed E-state index contributed by atoms with van der Waals surface area (Å²) in [5.41, 5.74) is 0.493. The highest BCUT2D eigenvalue weighted by molar-refractivity contribution is 6.01. The van der Waals surface area contributed by atoms with E-state index in [0.29, 0.717) is 15.6 Å². The van der Waals surface area contributed by atoms with Gasteiger partial charge in [-0.05, 0) is 23.2 Å². The van der Waals surface area contributed by atoms with Gasteiger partial charge in [-0.25, -0.2) is 24.6 Å². The number of urea groups is 2. The molecule has 0 unspecified atom stereocenters. The van der Waals surface area contributed by atoms with Crippen molar-refractivity contribution in [2.75, 3.05) is 11.9 Å². The Balaban J connectivity index is 2.11. The number of carbonyl (C=O) groups excluding carboxylic acids is 2. The molecule has 1 heterocycles. The number of para-hydroxylation sites is 1. The Bertz CT molecular complexity index is 543. The lowest BCUT2D eigenvalue weighted by atomic mass is 10.3. The van der Waals surface area contributed by atoms with Gasteiger partial charge in [0.2, 0.25) is 0 Å². The topological polar surface area (TPSA) is 95.8 Å². The van der Waals surface area contributed by atoms with E-state index in [0.717, 1.165) is 0 Å². The molecule has 1 aromatic rings. The Hall–Kier alpha value is -2.90.